The topological polar surface area (TPSA) is 84.1 Å². The van der Waals surface area contributed by atoms with E-state index in [1.54, 1.807) is 7.05 Å². The summed E-state index contributed by atoms with van der Waals surface area (Å²) in [6.07, 6.45) is 5.55. The lowest BCUT2D eigenvalue weighted by Crippen LogP contribution is -2.32. The Hall–Kier alpha value is -2.44. The van der Waals surface area contributed by atoms with Gasteiger partial charge in [0.15, 0.2) is 5.69 Å². The molecule has 2 aromatic heterocycles. The van der Waals surface area contributed by atoms with E-state index in [4.69, 9.17) is 9.97 Å². The van der Waals surface area contributed by atoms with E-state index in [1.165, 1.54) is 36.1 Å². The van der Waals surface area contributed by atoms with Crippen molar-refractivity contribution in [2.75, 3.05) is 11.4 Å². The molecular weight excluding hydrogens is 318 g/mol. The molecule has 1 N–H and O–H groups in total. The Labute approximate surface area is 145 Å². The van der Waals surface area contributed by atoms with Gasteiger partial charge in [0.25, 0.3) is 0 Å². The molecule has 2 fully saturated rings. The van der Waals surface area contributed by atoms with Crippen LogP contribution in [0.5, 0.6) is 0 Å². The molecule has 0 atom stereocenters. The number of fused-ring (bicyclic) bond motifs is 1. The first-order valence-corrected chi connectivity index (χ1v) is 9.02. The van der Waals surface area contributed by atoms with E-state index in [1.807, 2.05) is 0 Å². The molecule has 0 saturated heterocycles. The summed E-state index contributed by atoms with van der Waals surface area (Å²) in [5.74, 6) is 2.12. The van der Waals surface area contributed by atoms with Gasteiger partial charge >= 0.3 is 5.97 Å². The molecule has 2 aliphatic carbocycles. The molecule has 1 aliphatic heterocycles. The summed E-state index contributed by atoms with van der Waals surface area (Å²) in [5.41, 5.74) is 3.18. The molecule has 0 aromatic carbocycles. The third-order valence-electron chi connectivity index (χ3n) is 5.41. The van der Waals surface area contributed by atoms with Gasteiger partial charge in [-0.25, -0.2) is 14.8 Å². The maximum absolute atomic E-state index is 11.6. The van der Waals surface area contributed by atoms with Crippen LogP contribution >= 0.6 is 0 Å². The zero-order valence-electron chi connectivity index (χ0n) is 14.3. The maximum atomic E-state index is 11.6. The van der Waals surface area contributed by atoms with Crippen LogP contribution in [0, 0.1) is 0 Å². The Morgan fingerprint density at radius 1 is 1.20 bits per heavy atom. The molecule has 2 aromatic rings. The van der Waals surface area contributed by atoms with Crippen LogP contribution in [0.15, 0.2) is 6.07 Å². The average Bonchev–Trinajstić information content (AvgIpc) is 3.48. The van der Waals surface area contributed by atoms with Crippen LogP contribution in [0.4, 0.5) is 5.82 Å². The number of rotatable bonds is 4. The second-order valence-electron chi connectivity index (χ2n) is 7.43. The second-order valence-corrected chi connectivity index (χ2v) is 7.43. The van der Waals surface area contributed by atoms with Crippen LogP contribution in [0.2, 0.25) is 0 Å². The lowest BCUT2D eigenvalue weighted by Gasteiger charge is -2.28. The van der Waals surface area contributed by atoms with Crippen molar-refractivity contribution in [1.82, 2.24) is 19.7 Å². The first-order chi connectivity index (χ1) is 12.1. The summed E-state index contributed by atoms with van der Waals surface area (Å²) in [6, 6.07) is 2.12. The Morgan fingerprint density at radius 3 is 2.64 bits per heavy atom. The van der Waals surface area contributed by atoms with Crippen LogP contribution in [-0.4, -0.2) is 37.4 Å². The molecule has 7 heteroatoms. The number of carboxylic acid groups (broad SMARTS) is 1. The highest BCUT2D eigenvalue weighted by Crippen LogP contribution is 2.43. The fourth-order valence-electron chi connectivity index (χ4n) is 3.71. The number of nitrogens with zero attached hydrogens (tertiary/aromatic N) is 5. The molecule has 130 valence electrons. The van der Waals surface area contributed by atoms with Crippen molar-refractivity contribution in [3.8, 4) is 0 Å². The molecule has 25 heavy (non-hydrogen) atoms. The third-order valence-corrected chi connectivity index (χ3v) is 5.41. The Morgan fingerprint density at radius 2 is 1.96 bits per heavy atom. The molecular formula is C18H21N5O2. The zero-order valence-corrected chi connectivity index (χ0v) is 14.3. The molecule has 0 amide bonds. The molecule has 0 radical (unpaired) electrons. The zero-order chi connectivity index (χ0) is 17.1. The van der Waals surface area contributed by atoms with Crippen LogP contribution in [0.25, 0.3) is 0 Å². The van der Waals surface area contributed by atoms with Crippen LogP contribution < -0.4 is 4.90 Å². The van der Waals surface area contributed by atoms with Crippen LogP contribution in [0.3, 0.4) is 0 Å². The lowest BCUT2D eigenvalue weighted by molar-refractivity contribution is 0.0683. The van der Waals surface area contributed by atoms with Crippen molar-refractivity contribution >= 4 is 11.8 Å². The number of carboxylic acids is 1. The van der Waals surface area contributed by atoms with E-state index in [-0.39, 0.29) is 0 Å². The highest BCUT2D eigenvalue weighted by Gasteiger charge is 2.33. The van der Waals surface area contributed by atoms with Crippen molar-refractivity contribution in [3.05, 3.63) is 34.5 Å². The van der Waals surface area contributed by atoms with E-state index in [0.29, 0.717) is 24.1 Å². The quantitative estimate of drug-likeness (QED) is 0.919. The first-order valence-electron chi connectivity index (χ1n) is 9.02. The average molecular weight is 339 g/mol. The van der Waals surface area contributed by atoms with E-state index in [0.717, 1.165) is 35.9 Å². The number of hydrogen-bond donors (Lipinski definition) is 1. The highest BCUT2D eigenvalue weighted by atomic mass is 16.4. The van der Waals surface area contributed by atoms with Crippen molar-refractivity contribution in [2.45, 2.75) is 50.5 Å². The van der Waals surface area contributed by atoms with Gasteiger partial charge in [0.05, 0.1) is 5.69 Å². The molecule has 0 spiro atoms. The van der Waals surface area contributed by atoms with Gasteiger partial charge in [0, 0.05) is 55.7 Å². The monoisotopic (exact) mass is 339 g/mol. The molecule has 7 nitrogen and oxygen atoms in total. The Balaban J connectivity index is 1.51. The number of carbonyl (C=O) groups is 1. The van der Waals surface area contributed by atoms with Crippen LogP contribution in [-0.2, 0) is 20.0 Å². The Kier molecular flexibility index (Phi) is 3.14. The van der Waals surface area contributed by atoms with E-state index in [9.17, 15) is 9.90 Å². The molecule has 0 unspecified atom stereocenters. The van der Waals surface area contributed by atoms with Gasteiger partial charge in [-0.1, -0.05) is 0 Å². The summed E-state index contributed by atoms with van der Waals surface area (Å²) in [6.45, 7) is 1.37. The number of anilines is 1. The number of hydrogen-bond acceptors (Lipinski definition) is 5. The van der Waals surface area contributed by atoms with Gasteiger partial charge in [-0.15, -0.1) is 0 Å². The SMILES string of the molecule is Cn1nc2c(c1C(=O)O)CN(c1cc(C3CC3)nc(C3CC3)n1)CC2. The van der Waals surface area contributed by atoms with Crippen molar-refractivity contribution in [3.63, 3.8) is 0 Å². The molecule has 2 saturated carbocycles. The Bertz CT molecular complexity index is 836. The van der Waals surface area contributed by atoms with Crippen molar-refractivity contribution in [1.29, 1.82) is 0 Å². The van der Waals surface area contributed by atoms with E-state index >= 15 is 0 Å². The standard InChI is InChI=1S/C18H21N5O2/c1-22-16(18(24)25)12-9-23(7-6-13(12)21-22)15-8-14(10-2-3-10)19-17(20-15)11-4-5-11/h8,10-11H,2-7,9H2,1H3,(H,24,25). The normalized spacial score (nSPS) is 19.8. The van der Waals surface area contributed by atoms with E-state index in [2.05, 4.69) is 16.1 Å². The maximum Gasteiger partial charge on any atom is 0.354 e. The summed E-state index contributed by atoms with van der Waals surface area (Å²) in [7, 11) is 1.70. The minimum Gasteiger partial charge on any atom is -0.477 e. The molecule has 3 heterocycles. The van der Waals surface area contributed by atoms with Gasteiger partial charge < -0.3 is 10.0 Å². The summed E-state index contributed by atoms with van der Waals surface area (Å²) < 4.78 is 1.49. The molecule has 0 bridgehead atoms. The van der Waals surface area contributed by atoms with Gasteiger partial charge in [-0.05, 0) is 25.7 Å². The first kappa shape index (κ1) is 14.9. The van der Waals surface area contributed by atoms with Crippen molar-refractivity contribution in [2.24, 2.45) is 7.05 Å². The molecule has 3 aliphatic rings. The van der Waals surface area contributed by atoms with E-state index < -0.39 is 5.97 Å². The summed E-state index contributed by atoms with van der Waals surface area (Å²) in [4.78, 5) is 23.4. The second kappa shape index (κ2) is 5.28. The highest BCUT2D eigenvalue weighted by molar-refractivity contribution is 5.88. The largest absolute Gasteiger partial charge is 0.477 e. The smallest absolute Gasteiger partial charge is 0.354 e. The molecule has 5 rings (SSSR count). The van der Waals surface area contributed by atoms with Crippen LogP contribution in [0.1, 0.15) is 70.8 Å². The van der Waals surface area contributed by atoms with Gasteiger partial charge in [-0.2, -0.15) is 5.10 Å². The van der Waals surface area contributed by atoms with Gasteiger partial charge in [0.1, 0.15) is 11.6 Å². The summed E-state index contributed by atoms with van der Waals surface area (Å²) in [5, 5.41) is 13.9. The third kappa shape index (κ3) is 2.58. The number of aryl methyl sites for hydroxylation is 1. The fraction of sp³-hybridized carbons (Fsp3) is 0.556. The van der Waals surface area contributed by atoms with Gasteiger partial charge in [-0.3, -0.25) is 4.68 Å². The fourth-order valence-corrected chi connectivity index (χ4v) is 3.71. The minimum atomic E-state index is -0.918. The minimum absolute atomic E-state index is 0.290. The number of aromatic carboxylic acids is 1. The predicted molar refractivity (Wildman–Crippen MR) is 90.9 cm³/mol. The summed E-state index contributed by atoms with van der Waals surface area (Å²) >= 11 is 0. The lowest BCUT2D eigenvalue weighted by atomic mass is 10.0. The van der Waals surface area contributed by atoms with Gasteiger partial charge in [0.2, 0.25) is 0 Å². The van der Waals surface area contributed by atoms with Crippen molar-refractivity contribution < 1.29 is 9.90 Å². The number of aromatic nitrogens is 4. The predicted octanol–water partition coefficient (Wildman–Crippen LogP) is 2.23.